The molecule has 2 aromatic rings. The summed E-state index contributed by atoms with van der Waals surface area (Å²) in [6.07, 6.45) is 3.25. The van der Waals surface area contributed by atoms with Crippen LogP contribution in [-0.4, -0.2) is 14.8 Å². The number of hydrogen-bond acceptors (Lipinski definition) is 2. The third-order valence-corrected chi connectivity index (χ3v) is 2.68. The third-order valence-electron chi connectivity index (χ3n) is 2.03. The lowest BCUT2D eigenvalue weighted by Gasteiger charge is -2.04. The van der Waals surface area contributed by atoms with E-state index >= 15 is 0 Å². The van der Waals surface area contributed by atoms with E-state index in [0.29, 0.717) is 11.3 Å². The minimum absolute atomic E-state index is 0.173. The number of benzene rings is 1. The quantitative estimate of drug-likeness (QED) is 0.866. The molecule has 0 amide bonds. The Balaban J connectivity index is 2.47. The monoisotopic (exact) mass is 299 g/mol. The topological polar surface area (TPSA) is 43.8 Å². The molecule has 0 radical (unpaired) electrons. The largest absolute Gasteiger partial charge is 0.389 e. The Hall–Kier alpha value is -1.27. The molecule has 2 rings (SSSR count). The molecule has 16 heavy (non-hydrogen) atoms. The van der Waals surface area contributed by atoms with Crippen LogP contribution in [0.5, 0.6) is 0 Å². The molecular weight excluding hydrogens is 293 g/mol. The summed E-state index contributed by atoms with van der Waals surface area (Å²) in [7, 11) is 0. The van der Waals surface area contributed by atoms with Crippen molar-refractivity contribution in [3.05, 3.63) is 46.4 Å². The van der Waals surface area contributed by atoms with Gasteiger partial charge in [0.15, 0.2) is 0 Å². The standard InChI is InChI=1S/C10H7BrFN3S/c11-7-4-14-15(5-7)9-2-1-6(10(13)16)3-8(9)12/h1-5H,(H2,13,16). The van der Waals surface area contributed by atoms with E-state index in [1.165, 1.54) is 10.7 Å². The van der Waals surface area contributed by atoms with Gasteiger partial charge in [-0.25, -0.2) is 9.07 Å². The fraction of sp³-hybridized carbons (Fsp3) is 0. The van der Waals surface area contributed by atoms with Gasteiger partial charge in [0.25, 0.3) is 0 Å². The fourth-order valence-electron chi connectivity index (χ4n) is 1.28. The van der Waals surface area contributed by atoms with Crippen LogP contribution in [0.4, 0.5) is 4.39 Å². The van der Waals surface area contributed by atoms with Crippen molar-refractivity contribution in [2.24, 2.45) is 5.73 Å². The average Bonchev–Trinajstić information content (AvgIpc) is 2.64. The van der Waals surface area contributed by atoms with Gasteiger partial charge in [0.1, 0.15) is 16.5 Å². The maximum Gasteiger partial charge on any atom is 0.149 e. The Morgan fingerprint density at radius 1 is 1.50 bits per heavy atom. The predicted molar refractivity (Wildman–Crippen MR) is 67.1 cm³/mol. The third kappa shape index (κ3) is 2.12. The summed E-state index contributed by atoms with van der Waals surface area (Å²) in [4.78, 5) is 0.173. The van der Waals surface area contributed by atoms with Crippen LogP contribution in [0.1, 0.15) is 5.56 Å². The van der Waals surface area contributed by atoms with E-state index in [9.17, 15) is 4.39 Å². The predicted octanol–water partition coefficient (Wildman–Crippen LogP) is 2.41. The van der Waals surface area contributed by atoms with Crippen molar-refractivity contribution < 1.29 is 4.39 Å². The second-order valence-electron chi connectivity index (χ2n) is 3.13. The van der Waals surface area contributed by atoms with Crippen LogP contribution >= 0.6 is 28.1 Å². The molecule has 0 bridgehead atoms. The average molecular weight is 300 g/mol. The van der Waals surface area contributed by atoms with Gasteiger partial charge in [-0.15, -0.1) is 0 Å². The second-order valence-corrected chi connectivity index (χ2v) is 4.49. The molecule has 0 atom stereocenters. The minimum atomic E-state index is -0.416. The van der Waals surface area contributed by atoms with Gasteiger partial charge in [0.05, 0.1) is 10.7 Å². The smallest absolute Gasteiger partial charge is 0.149 e. The zero-order valence-corrected chi connectivity index (χ0v) is 10.4. The number of halogens is 2. The first-order valence-corrected chi connectivity index (χ1v) is 5.58. The Labute approximate surface area is 105 Å². The van der Waals surface area contributed by atoms with E-state index in [2.05, 4.69) is 21.0 Å². The summed E-state index contributed by atoms with van der Waals surface area (Å²) in [5, 5.41) is 3.99. The van der Waals surface area contributed by atoms with E-state index < -0.39 is 5.82 Å². The minimum Gasteiger partial charge on any atom is -0.389 e. The molecule has 1 aromatic heterocycles. The fourth-order valence-corrected chi connectivity index (χ4v) is 1.69. The summed E-state index contributed by atoms with van der Waals surface area (Å²) >= 11 is 8.01. The second kappa shape index (κ2) is 4.31. The normalized spacial score (nSPS) is 10.4. The van der Waals surface area contributed by atoms with E-state index in [0.717, 1.165) is 4.47 Å². The molecule has 0 fully saturated rings. The van der Waals surface area contributed by atoms with Gasteiger partial charge in [-0.3, -0.25) is 0 Å². The zero-order chi connectivity index (χ0) is 11.7. The number of thiocarbonyl (C=S) groups is 1. The highest BCUT2D eigenvalue weighted by Gasteiger charge is 2.07. The van der Waals surface area contributed by atoms with Crippen molar-refractivity contribution in [2.75, 3.05) is 0 Å². The zero-order valence-electron chi connectivity index (χ0n) is 8.02. The lowest BCUT2D eigenvalue weighted by molar-refractivity contribution is 0.610. The molecule has 2 N–H and O–H groups in total. The van der Waals surface area contributed by atoms with Crippen molar-refractivity contribution in [1.82, 2.24) is 9.78 Å². The molecule has 1 heterocycles. The van der Waals surface area contributed by atoms with E-state index in [4.69, 9.17) is 18.0 Å². The van der Waals surface area contributed by atoms with Crippen molar-refractivity contribution >= 4 is 33.1 Å². The number of nitrogens with two attached hydrogens (primary N) is 1. The van der Waals surface area contributed by atoms with Crippen molar-refractivity contribution in [1.29, 1.82) is 0 Å². The summed E-state index contributed by atoms with van der Waals surface area (Å²) in [5.74, 6) is -0.416. The molecule has 1 aromatic carbocycles. The molecule has 0 saturated heterocycles. The summed E-state index contributed by atoms with van der Waals surface area (Å²) in [5.41, 5.74) is 6.27. The van der Waals surface area contributed by atoms with Crippen molar-refractivity contribution in [3.63, 3.8) is 0 Å². The van der Waals surface area contributed by atoms with Crippen molar-refractivity contribution in [3.8, 4) is 5.69 Å². The van der Waals surface area contributed by atoms with Crippen LogP contribution in [0.3, 0.4) is 0 Å². The van der Waals surface area contributed by atoms with Gasteiger partial charge in [-0.2, -0.15) is 5.10 Å². The van der Waals surface area contributed by atoms with Crippen LogP contribution in [0.25, 0.3) is 5.69 Å². The number of nitrogens with zero attached hydrogens (tertiary/aromatic N) is 2. The van der Waals surface area contributed by atoms with Crippen LogP contribution in [-0.2, 0) is 0 Å². The first-order valence-electron chi connectivity index (χ1n) is 4.38. The van der Waals surface area contributed by atoms with Crippen LogP contribution in [0.15, 0.2) is 35.1 Å². The van der Waals surface area contributed by atoms with E-state index in [-0.39, 0.29) is 4.99 Å². The van der Waals surface area contributed by atoms with E-state index in [1.54, 1.807) is 24.5 Å². The maximum atomic E-state index is 13.7. The van der Waals surface area contributed by atoms with Gasteiger partial charge >= 0.3 is 0 Å². The Morgan fingerprint density at radius 2 is 2.25 bits per heavy atom. The maximum absolute atomic E-state index is 13.7. The first kappa shape index (κ1) is 11.2. The first-order chi connectivity index (χ1) is 7.58. The summed E-state index contributed by atoms with van der Waals surface area (Å²) < 4.78 is 15.9. The summed E-state index contributed by atoms with van der Waals surface area (Å²) in [6.45, 7) is 0. The molecule has 0 aliphatic carbocycles. The van der Waals surface area contributed by atoms with Crippen LogP contribution in [0, 0.1) is 5.82 Å². The number of hydrogen-bond donors (Lipinski definition) is 1. The highest BCUT2D eigenvalue weighted by molar-refractivity contribution is 9.10. The highest BCUT2D eigenvalue weighted by atomic mass is 79.9. The van der Waals surface area contributed by atoms with Gasteiger partial charge in [-0.1, -0.05) is 12.2 Å². The molecule has 0 unspecified atom stereocenters. The van der Waals surface area contributed by atoms with Gasteiger partial charge in [0.2, 0.25) is 0 Å². The van der Waals surface area contributed by atoms with Gasteiger partial charge in [0, 0.05) is 11.8 Å². The molecule has 0 aliphatic rings. The van der Waals surface area contributed by atoms with Crippen molar-refractivity contribution in [2.45, 2.75) is 0 Å². The highest BCUT2D eigenvalue weighted by Crippen LogP contribution is 2.17. The molecule has 6 heteroatoms. The number of aromatic nitrogens is 2. The SMILES string of the molecule is NC(=S)c1ccc(-n2cc(Br)cn2)c(F)c1. The lowest BCUT2D eigenvalue weighted by Crippen LogP contribution is -2.10. The van der Waals surface area contributed by atoms with E-state index in [1.807, 2.05) is 0 Å². The van der Waals surface area contributed by atoms with Gasteiger partial charge < -0.3 is 5.73 Å². The lowest BCUT2D eigenvalue weighted by atomic mass is 10.2. The summed E-state index contributed by atoms with van der Waals surface area (Å²) in [6, 6.07) is 4.55. The molecule has 0 saturated carbocycles. The molecular formula is C10H7BrFN3S. The van der Waals surface area contributed by atoms with Crippen LogP contribution < -0.4 is 5.73 Å². The molecule has 82 valence electrons. The molecule has 0 spiro atoms. The molecule has 0 aliphatic heterocycles. The Bertz CT molecular complexity index is 553. The Morgan fingerprint density at radius 3 is 2.75 bits per heavy atom. The molecule has 3 nitrogen and oxygen atoms in total. The van der Waals surface area contributed by atoms with Crippen LogP contribution in [0.2, 0.25) is 0 Å². The van der Waals surface area contributed by atoms with Gasteiger partial charge in [-0.05, 0) is 34.1 Å². The Kier molecular flexibility index (Phi) is 3.02. The number of rotatable bonds is 2.